The molecule has 1 N–H and O–H groups in total. The third-order valence-corrected chi connectivity index (χ3v) is 6.93. The number of hydrogen-bond acceptors (Lipinski definition) is 6. The molecule has 0 saturated carbocycles. The molecule has 3 heterocycles. The first-order valence-electron chi connectivity index (χ1n) is 11.0. The van der Waals surface area contributed by atoms with Crippen LogP contribution in [0.4, 0.5) is 10.2 Å². The molecule has 0 radical (unpaired) electrons. The Morgan fingerprint density at radius 3 is 2.71 bits per heavy atom. The van der Waals surface area contributed by atoms with Gasteiger partial charge in [-0.15, -0.1) is 11.3 Å². The number of ether oxygens (including phenoxy) is 1. The van der Waals surface area contributed by atoms with Gasteiger partial charge in [-0.1, -0.05) is 29.4 Å². The molecular weight excluding hydrogens is 469 g/mol. The van der Waals surface area contributed by atoms with Gasteiger partial charge in [0.05, 0.1) is 18.6 Å². The zero-order valence-electron chi connectivity index (χ0n) is 18.8. The Labute approximate surface area is 205 Å². The zero-order chi connectivity index (χ0) is 24.4. The first-order valence-corrected chi connectivity index (χ1v) is 11.9. The maximum atomic E-state index is 13.7. The first kappa shape index (κ1) is 22.9. The third kappa shape index (κ3) is 4.48. The van der Waals surface area contributed by atoms with Gasteiger partial charge in [0.15, 0.2) is 11.6 Å². The number of carbonyl (C=O) groups is 2. The summed E-state index contributed by atoms with van der Waals surface area (Å²) in [4.78, 5) is 29.8. The van der Waals surface area contributed by atoms with E-state index in [0.717, 1.165) is 4.88 Å². The second kappa shape index (κ2) is 9.81. The predicted molar refractivity (Wildman–Crippen MR) is 130 cm³/mol. The van der Waals surface area contributed by atoms with Crippen molar-refractivity contribution in [2.24, 2.45) is 0 Å². The number of thiophene rings is 1. The minimum absolute atomic E-state index is 0.139. The van der Waals surface area contributed by atoms with E-state index in [9.17, 15) is 14.0 Å². The Morgan fingerprint density at radius 2 is 1.97 bits per heavy atom. The number of fused-ring (bicyclic) bond motifs is 1. The van der Waals surface area contributed by atoms with E-state index >= 15 is 0 Å². The summed E-state index contributed by atoms with van der Waals surface area (Å²) in [5.74, 6) is -0.853. The number of amides is 2. The Kier molecular flexibility index (Phi) is 6.43. The summed E-state index contributed by atoms with van der Waals surface area (Å²) in [6.07, 6.45) is 0. The quantitative estimate of drug-likeness (QED) is 0.389. The molecule has 7 nitrogen and oxygen atoms in total. The van der Waals surface area contributed by atoms with Crippen molar-refractivity contribution in [3.05, 3.63) is 93.9 Å². The van der Waals surface area contributed by atoms with E-state index in [1.807, 2.05) is 29.6 Å². The predicted octanol–water partition coefficient (Wildman–Crippen LogP) is 5.11. The van der Waals surface area contributed by atoms with Crippen molar-refractivity contribution in [1.29, 1.82) is 0 Å². The van der Waals surface area contributed by atoms with Crippen LogP contribution in [0.15, 0.2) is 76.6 Å². The molecule has 5 rings (SSSR count). The van der Waals surface area contributed by atoms with Gasteiger partial charge in [0, 0.05) is 35.7 Å². The minimum atomic E-state index is -0.676. The number of anilines is 1. The fraction of sp³-hybridized carbons (Fsp3) is 0.192. The number of carbonyl (C=O) groups excluding carboxylic acids is 2. The Bertz CT molecular complexity index is 1340. The van der Waals surface area contributed by atoms with E-state index in [1.54, 1.807) is 42.3 Å². The van der Waals surface area contributed by atoms with Crippen LogP contribution in [-0.2, 0) is 9.53 Å². The molecular formula is C26H22FN3O4S. The monoisotopic (exact) mass is 491 g/mol. The number of methoxy groups -OCH3 is 1. The Morgan fingerprint density at radius 1 is 1.17 bits per heavy atom. The molecule has 0 fully saturated rings. The van der Waals surface area contributed by atoms with Crippen LogP contribution in [0, 0.1) is 5.82 Å². The summed E-state index contributed by atoms with van der Waals surface area (Å²) >= 11 is 1.49. The van der Waals surface area contributed by atoms with Crippen molar-refractivity contribution in [2.75, 3.05) is 25.6 Å². The van der Waals surface area contributed by atoms with E-state index in [0.29, 0.717) is 35.6 Å². The number of halogens is 1. The molecule has 0 bridgehead atoms. The van der Waals surface area contributed by atoms with Crippen molar-refractivity contribution in [1.82, 2.24) is 10.1 Å². The van der Waals surface area contributed by atoms with Crippen LogP contribution in [0.25, 0.3) is 11.3 Å². The van der Waals surface area contributed by atoms with Crippen LogP contribution in [0.1, 0.15) is 32.8 Å². The van der Waals surface area contributed by atoms with Crippen molar-refractivity contribution >= 4 is 29.0 Å². The molecule has 9 heteroatoms. The highest BCUT2D eigenvalue weighted by Crippen LogP contribution is 2.44. The lowest BCUT2D eigenvalue weighted by atomic mass is 9.81. The number of nitrogens with zero attached hydrogens (tertiary/aromatic N) is 2. The van der Waals surface area contributed by atoms with Gasteiger partial charge in [-0.3, -0.25) is 9.59 Å². The summed E-state index contributed by atoms with van der Waals surface area (Å²) in [7, 11) is 1.58. The minimum Gasteiger partial charge on any atom is -0.383 e. The molecule has 2 unspecified atom stereocenters. The number of hydrogen-bond donors (Lipinski definition) is 1. The molecule has 2 amide bonds. The molecule has 0 aliphatic carbocycles. The summed E-state index contributed by atoms with van der Waals surface area (Å²) in [6.45, 7) is 0.684. The summed E-state index contributed by atoms with van der Waals surface area (Å²) < 4.78 is 23.9. The van der Waals surface area contributed by atoms with Crippen LogP contribution in [0.5, 0.6) is 0 Å². The Balaban J connectivity index is 1.50. The third-order valence-electron chi connectivity index (χ3n) is 5.98. The van der Waals surface area contributed by atoms with Gasteiger partial charge in [0.2, 0.25) is 5.91 Å². The molecule has 178 valence electrons. The smallest absolute Gasteiger partial charge is 0.254 e. The maximum absolute atomic E-state index is 13.7. The topological polar surface area (TPSA) is 84.7 Å². The summed E-state index contributed by atoms with van der Waals surface area (Å²) in [5.41, 5.74) is 1.78. The SMILES string of the molecule is COCCN1C(=O)c2ccccc2C(C(=O)Nc2cc(-c3ccc(F)cc3)on2)C1c1cccs1. The molecule has 2 aromatic heterocycles. The Hall–Kier alpha value is -3.82. The van der Waals surface area contributed by atoms with Crippen LogP contribution in [-0.4, -0.2) is 42.1 Å². The molecule has 0 saturated heterocycles. The van der Waals surface area contributed by atoms with Crippen molar-refractivity contribution in [2.45, 2.75) is 12.0 Å². The van der Waals surface area contributed by atoms with Gasteiger partial charge in [-0.25, -0.2) is 4.39 Å². The van der Waals surface area contributed by atoms with Gasteiger partial charge in [-0.2, -0.15) is 0 Å². The van der Waals surface area contributed by atoms with Crippen molar-refractivity contribution in [3.8, 4) is 11.3 Å². The van der Waals surface area contributed by atoms with Crippen molar-refractivity contribution in [3.63, 3.8) is 0 Å². The maximum Gasteiger partial charge on any atom is 0.254 e. The number of nitrogens with one attached hydrogen (secondary N) is 1. The van der Waals surface area contributed by atoms with Crippen LogP contribution in [0.3, 0.4) is 0 Å². The van der Waals surface area contributed by atoms with Gasteiger partial charge >= 0.3 is 0 Å². The van der Waals surface area contributed by atoms with Crippen LogP contribution in [0.2, 0.25) is 0 Å². The van der Waals surface area contributed by atoms with E-state index < -0.39 is 12.0 Å². The fourth-order valence-corrected chi connectivity index (χ4v) is 5.25. The van der Waals surface area contributed by atoms with E-state index in [2.05, 4.69) is 10.5 Å². The van der Waals surface area contributed by atoms with Crippen molar-refractivity contribution < 1.29 is 23.2 Å². The molecule has 4 aromatic rings. The van der Waals surface area contributed by atoms with Gasteiger partial charge in [0.1, 0.15) is 5.82 Å². The largest absolute Gasteiger partial charge is 0.383 e. The lowest BCUT2D eigenvalue weighted by Gasteiger charge is -2.41. The normalized spacial score (nSPS) is 17.3. The molecule has 2 atom stereocenters. The van der Waals surface area contributed by atoms with Gasteiger partial charge in [-0.05, 0) is 47.3 Å². The summed E-state index contributed by atoms with van der Waals surface area (Å²) in [6, 6.07) is 17.9. The van der Waals surface area contributed by atoms with Crippen LogP contribution < -0.4 is 5.32 Å². The molecule has 1 aliphatic heterocycles. The number of aromatic nitrogens is 1. The number of benzene rings is 2. The average Bonchev–Trinajstić information content (AvgIpc) is 3.56. The second-order valence-corrected chi connectivity index (χ2v) is 9.07. The lowest BCUT2D eigenvalue weighted by molar-refractivity contribution is -0.119. The standard InChI is InChI=1S/C26H22FN3O4S/c1-33-13-12-30-24(21-7-4-14-35-21)23(18-5-2-3-6-19(18)26(30)32)25(31)28-22-15-20(34-29-22)16-8-10-17(27)11-9-16/h2-11,14-15,23-24H,12-13H2,1H3,(H,28,29,31). The highest BCUT2D eigenvalue weighted by Gasteiger charge is 2.44. The lowest BCUT2D eigenvalue weighted by Crippen LogP contribution is -2.47. The van der Waals surface area contributed by atoms with Crippen LogP contribution >= 0.6 is 11.3 Å². The molecule has 1 aliphatic rings. The summed E-state index contributed by atoms with van der Waals surface area (Å²) in [5, 5.41) is 8.76. The zero-order valence-corrected chi connectivity index (χ0v) is 19.6. The fourth-order valence-electron chi connectivity index (χ4n) is 4.37. The molecule has 2 aromatic carbocycles. The number of rotatable bonds is 7. The highest BCUT2D eigenvalue weighted by molar-refractivity contribution is 7.10. The molecule has 0 spiro atoms. The average molecular weight is 492 g/mol. The van der Waals surface area contributed by atoms with E-state index in [1.165, 1.54) is 23.5 Å². The van der Waals surface area contributed by atoms with E-state index in [4.69, 9.17) is 9.26 Å². The van der Waals surface area contributed by atoms with Gasteiger partial charge < -0.3 is 19.5 Å². The second-order valence-electron chi connectivity index (χ2n) is 8.09. The highest BCUT2D eigenvalue weighted by atomic mass is 32.1. The van der Waals surface area contributed by atoms with E-state index in [-0.39, 0.29) is 23.4 Å². The first-order chi connectivity index (χ1) is 17.1. The molecule has 35 heavy (non-hydrogen) atoms. The van der Waals surface area contributed by atoms with Gasteiger partial charge in [0.25, 0.3) is 5.91 Å².